The Hall–Kier alpha value is 0. The van der Waals surface area contributed by atoms with Gasteiger partial charge in [-0.2, -0.15) is 0 Å². The average Bonchev–Trinajstić information content (AvgIpc) is 2.83. The van der Waals surface area contributed by atoms with Crippen LogP contribution in [0.15, 0.2) is 0 Å². The summed E-state index contributed by atoms with van der Waals surface area (Å²) in [6.45, 7) is 0. The summed E-state index contributed by atoms with van der Waals surface area (Å²) in [5.41, 5.74) is 0. The first-order chi connectivity index (χ1) is 4.95. The molecule has 3 atom stereocenters. The van der Waals surface area contributed by atoms with Gasteiger partial charge in [0.25, 0.3) is 0 Å². The van der Waals surface area contributed by atoms with Crippen LogP contribution in [0.2, 0.25) is 0 Å². The standard InChI is InChI=1S/C10H16/c1-2-8-6-10(8)9(3-1)7-4-5-7/h7-10H,1-6H2. The molecule has 3 fully saturated rings. The molecule has 0 heterocycles. The van der Waals surface area contributed by atoms with Crippen LogP contribution in [0.4, 0.5) is 0 Å². The Labute approximate surface area is 63.0 Å². The van der Waals surface area contributed by atoms with Crippen LogP contribution in [0.25, 0.3) is 0 Å². The largest absolute Gasteiger partial charge is 0.0527 e. The van der Waals surface area contributed by atoms with Crippen LogP contribution in [0.1, 0.15) is 38.5 Å². The van der Waals surface area contributed by atoms with Crippen LogP contribution in [0.5, 0.6) is 0 Å². The minimum Gasteiger partial charge on any atom is -0.0527 e. The summed E-state index contributed by atoms with van der Waals surface area (Å²) >= 11 is 0. The SMILES string of the molecule is C1CC2CC2C(C2CC2)C1. The maximum Gasteiger partial charge on any atom is -0.0352 e. The fourth-order valence-electron chi connectivity index (χ4n) is 3.07. The molecule has 0 aromatic rings. The van der Waals surface area contributed by atoms with Crippen molar-refractivity contribution in [2.45, 2.75) is 38.5 Å². The van der Waals surface area contributed by atoms with Crippen LogP contribution in [0.3, 0.4) is 0 Å². The smallest absolute Gasteiger partial charge is 0.0352 e. The molecule has 0 bridgehead atoms. The van der Waals surface area contributed by atoms with E-state index >= 15 is 0 Å². The summed E-state index contributed by atoms with van der Waals surface area (Å²) in [6, 6.07) is 0. The molecule has 3 aliphatic rings. The lowest BCUT2D eigenvalue weighted by molar-refractivity contribution is 0.300. The van der Waals surface area contributed by atoms with Gasteiger partial charge < -0.3 is 0 Å². The average molecular weight is 136 g/mol. The predicted octanol–water partition coefficient (Wildman–Crippen LogP) is 2.83. The van der Waals surface area contributed by atoms with E-state index in [0.29, 0.717) is 0 Å². The van der Waals surface area contributed by atoms with Gasteiger partial charge in [0.05, 0.1) is 0 Å². The van der Waals surface area contributed by atoms with E-state index in [9.17, 15) is 0 Å². The lowest BCUT2D eigenvalue weighted by atomic mass is 9.85. The van der Waals surface area contributed by atoms with Crippen molar-refractivity contribution in [1.82, 2.24) is 0 Å². The molecule has 0 nitrogen and oxygen atoms in total. The van der Waals surface area contributed by atoms with E-state index in [0.717, 1.165) is 0 Å². The van der Waals surface area contributed by atoms with Gasteiger partial charge in [0, 0.05) is 0 Å². The van der Waals surface area contributed by atoms with Gasteiger partial charge in [-0.3, -0.25) is 0 Å². The van der Waals surface area contributed by atoms with E-state index in [4.69, 9.17) is 0 Å². The summed E-state index contributed by atoms with van der Waals surface area (Å²) in [6.07, 6.45) is 9.49. The maximum atomic E-state index is 1.61. The maximum absolute atomic E-state index is 1.61. The molecule has 0 aromatic carbocycles. The zero-order valence-corrected chi connectivity index (χ0v) is 6.55. The summed E-state index contributed by atoms with van der Waals surface area (Å²) in [4.78, 5) is 0. The fourth-order valence-corrected chi connectivity index (χ4v) is 3.07. The number of hydrogen-bond acceptors (Lipinski definition) is 0. The Morgan fingerprint density at radius 2 is 1.60 bits per heavy atom. The second-order valence-electron chi connectivity index (χ2n) is 4.59. The summed E-state index contributed by atoms with van der Waals surface area (Å²) < 4.78 is 0. The molecule has 0 N–H and O–H groups in total. The summed E-state index contributed by atoms with van der Waals surface area (Å²) in [5, 5.41) is 0. The Morgan fingerprint density at radius 1 is 0.700 bits per heavy atom. The third-order valence-electron chi connectivity index (χ3n) is 3.87. The fraction of sp³-hybridized carbons (Fsp3) is 1.00. The molecule has 0 amide bonds. The van der Waals surface area contributed by atoms with Gasteiger partial charge in [-0.25, -0.2) is 0 Å². The van der Waals surface area contributed by atoms with Crippen molar-refractivity contribution < 1.29 is 0 Å². The van der Waals surface area contributed by atoms with Crippen molar-refractivity contribution in [3.8, 4) is 0 Å². The molecule has 0 radical (unpaired) electrons. The van der Waals surface area contributed by atoms with Gasteiger partial charge in [0.2, 0.25) is 0 Å². The highest BCUT2D eigenvalue weighted by Crippen LogP contribution is 2.59. The van der Waals surface area contributed by atoms with Crippen molar-refractivity contribution in [2.24, 2.45) is 23.7 Å². The molecule has 0 aromatic heterocycles. The molecular formula is C10H16. The van der Waals surface area contributed by atoms with Crippen molar-refractivity contribution >= 4 is 0 Å². The third kappa shape index (κ3) is 0.741. The minimum absolute atomic E-state index is 1.20. The highest BCUT2D eigenvalue weighted by molar-refractivity contribution is 4.99. The van der Waals surface area contributed by atoms with Gasteiger partial charge in [0.15, 0.2) is 0 Å². The van der Waals surface area contributed by atoms with E-state index in [-0.39, 0.29) is 0 Å². The van der Waals surface area contributed by atoms with Gasteiger partial charge >= 0.3 is 0 Å². The van der Waals surface area contributed by atoms with Crippen molar-refractivity contribution in [3.63, 3.8) is 0 Å². The second-order valence-corrected chi connectivity index (χ2v) is 4.59. The second kappa shape index (κ2) is 1.78. The normalized spacial score (nSPS) is 52.2. The molecule has 3 unspecified atom stereocenters. The zero-order chi connectivity index (χ0) is 6.55. The molecule has 3 aliphatic carbocycles. The lowest BCUT2D eigenvalue weighted by Gasteiger charge is -2.20. The first kappa shape index (κ1) is 5.62. The van der Waals surface area contributed by atoms with Gasteiger partial charge in [-0.05, 0) is 49.4 Å². The molecule has 10 heavy (non-hydrogen) atoms. The molecule has 0 spiro atoms. The summed E-state index contributed by atoms with van der Waals surface area (Å²) in [7, 11) is 0. The lowest BCUT2D eigenvalue weighted by Crippen LogP contribution is -2.11. The number of fused-ring (bicyclic) bond motifs is 1. The molecular weight excluding hydrogens is 120 g/mol. The van der Waals surface area contributed by atoms with Crippen LogP contribution in [-0.4, -0.2) is 0 Å². The van der Waals surface area contributed by atoms with E-state index in [2.05, 4.69) is 0 Å². The topological polar surface area (TPSA) is 0 Å². The third-order valence-corrected chi connectivity index (χ3v) is 3.87. The monoisotopic (exact) mass is 136 g/mol. The number of hydrogen-bond donors (Lipinski definition) is 0. The van der Waals surface area contributed by atoms with E-state index in [1.165, 1.54) is 23.7 Å². The molecule has 3 rings (SSSR count). The first-order valence-electron chi connectivity index (χ1n) is 4.95. The highest BCUT2D eigenvalue weighted by atomic mass is 14.5. The molecule has 56 valence electrons. The van der Waals surface area contributed by atoms with Crippen LogP contribution in [0, 0.1) is 23.7 Å². The molecule has 0 aliphatic heterocycles. The van der Waals surface area contributed by atoms with Crippen molar-refractivity contribution in [1.29, 1.82) is 0 Å². The van der Waals surface area contributed by atoms with Gasteiger partial charge in [-0.1, -0.05) is 12.8 Å². The minimum atomic E-state index is 1.20. The Bertz CT molecular complexity index is 146. The van der Waals surface area contributed by atoms with Crippen LogP contribution in [-0.2, 0) is 0 Å². The first-order valence-corrected chi connectivity index (χ1v) is 4.95. The van der Waals surface area contributed by atoms with E-state index < -0.39 is 0 Å². The molecule has 3 saturated carbocycles. The Kier molecular flexibility index (Phi) is 1.00. The van der Waals surface area contributed by atoms with Crippen LogP contribution < -0.4 is 0 Å². The molecule has 0 saturated heterocycles. The van der Waals surface area contributed by atoms with Crippen LogP contribution >= 0.6 is 0 Å². The van der Waals surface area contributed by atoms with Gasteiger partial charge in [0.1, 0.15) is 0 Å². The number of rotatable bonds is 1. The van der Waals surface area contributed by atoms with E-state index in [1.807, 2.05) is 0 Å². The Morgan fingerprint density at radius 3 is 2.40 bits per heavy atom. The van der Waals surface area contributed by atoms with Crippen molar-refractivity contribution in [2.75, 3.05) is 0 Å². The van der Waals surface area contributed by atoms with Crippen molar-refractivity contribution in [3.05, 3.63) is 0 Å². The molecule has 0 heteroatoms. The van der Waals surface area contributed by atoms with Gasteiger partial charge in [-0.15, -0.1) is 0 Å². The summed E-state index contributed by atoms with van der Waals surface area (Å²) in [5.74, 6) is 4.84. The van der Waals surface area contributed by atoms with E-state index in [1.54, 1.807) is 38.5 Å². The Balaban J connectivity index is 1.72. The highest BCUT2D eigenvalue weighted by Gasteiger charge is 2.49. The quantitative estimate of drug-likeness (QED) is 0.520. The predicted molar refractivity (Wildman–Crippen MR) is 41.7 cm³/mol. The zero-order valence-electron chi connectivity index (χ0n) is 6.55.